The van der Waals surface area contributed by atoms with Crippen LogP contribution in [0.5, 0.6) is 0 Å². The summed E-state index contributed by atoms with van der Waals surface area (Å²) in [4.78, 5) is 0. The van der Waals surface area contributed by atoms with Gasteiger partial charge in [-0.05, 0) is 31.4 Å². The summed E-state index contributed by atoms with van der Waals surface area (Å²) in [6.45, 7) is 3.73. The molecule has 0 aromatic rings. The van der Waals surface area contributed by atoms with E-state index in [4.69, 9.17) is 9.47 Å². The summed E-state index contributed by atoms with van der Waals surface area (Å²) >= 11 is 0. The van der Waals surface area contributed by atoms with E-state index in [9.17, 15) is 0 Å². The van der Waals surface area contributed by atoms with Gasteiger partial charge in [0.25, 0.3) is 0 Å². The fraction of sp³-hybridized carbons (Fsp3) is 0.500. The summed E-state index contributed by atoms with van der Waals surface area (Å²) in [6.07, 6.45) is 9.02. The first-order valence-corrected chi connectivity index (χ1v) is 4.92. The van der Waals surface area contributed by atoms with Gasteiger partial charge in [0, 0.05) is 0 Å². The van der Waals surface area contributed by atoms with E-state index >= 15 is 0 Å². The molecule has 2 heteroatoms. The SMILES string of the molecule is C=CCCC1C(OC)=CCC=C1OC. The second kappa shape index (κ2) is 5.53. The van der Waals surface area contributed by atoms with Crippen LogP contribution in [0.15, 0.2) is 36.3 Å². The normalized spacial score (nSPS) is 17.0. The first kappa shape index (κ1) is 10.9. The second-order valence-corrected chi connectivity index (χ2v) is 3.28. The number of methoxy groups -OCH3 is 2. The lowest BCUT2D eigenvalue weighted by atomic mass is 9.93. The third-order valence-corrected chi connectivity index (χ3v) is 2.46. The van der Waals surface area contributed by atoms with Crippen LogP contribution in [-0.2, 0) is 9.47 Å². The molecule has 0 aromatic carbocycles. The maximum absolute atomic E-state index is 5.34. The van der Waals surface area contributed by atoms with Crippen molar-refractivity contribution in [2.45, 2.75) is 19.3 Å². The van der Waals surface area contributed by atoms with Gasteiger partial charge in [0.15, 0.2) is 0 Å². The Morgan fingerprint density at radius 3 is 2.36 bits per heavy atom. The Hall–Kier alpha value is -1.18. The molecule has 2 nitrogen and oxygen atoms in total. The van der Waals surface area contributed by atoms with Gasteiger partial charge in [-0.2, -0.15) is 0 Å². The summed E-state index contributed by atoms with van der Waals surface area (Å²) in [5.41, 5.74) is 0. The van der Waals surface area contributed by atoms with Gasteiger partial charge in [-0.25, -0.2) is 0 Å². The van der Waals surface area contributed by atoms with E-state index in [1.165, 1.54) is 0 Å². The summed E-state index contributed by atoms with van der Waals surface area (Å²) in [5.74, 6) is 2.31. The minimum atomic E-state index is 0.275. The molecular formula is C12H18O2. The Bertz CT molecular complexity index is 231. The van der Waals surface area contributed by atoms with Gasteiger partial charge < -0.3 is 9.47 Å². The van der Waals surface area contributed by atoms with Crippen molar-refractivity contribution in [3.8, 4) is 0 Å². The molecule has 0 aromatic heterocycles. The third kappa shape index (κ3) is 2.41. The lowest BCUT2D eigenvalue weighted by molar-refractivity contribution is 0.184. The highest BCUT2D eigenvalue weighted by Crippen LogP contribution is 2.30. The minimum Gasteiger partial charge on any atom is -0.501 e. The smallest absolute Gasteiger partial charge is 0.102 e. The van der Waals surface area contributed by atoms with Crippen LogP contribution in [0.4, 0.5) is 0 Å². The van der Waals surface area contributed by atoms with E-state index in [1.54, 1.807) is 14.2 Å². The van der Waals surface area contributed by atoms with E-state index in [0.29, 0.717) is 0 Å². The molecule has 0 amide bonds. The maximum Gasteiger partial charge on any atom is 0.102 e. The predicted octanol–water partition coefficient (Wildman–Crippen LogP) is 3.03. The lowest BCUT2D eigenvalue weighted by Gasteiger charge is -2.23. The first-order valence-electron chi connectivity index (χ1n) is 4.92. The van der Waals surface area contributed by atoms with Crippen molar-refractivity contribution in [3.63, 3.8) is 0 Å². The second-order valence-electron chi connectivity index (χ2n) is 3.28. The van der Waals surface area contributed by atoms with Gasteiger partial charge in [-0.15, -0.1) is 6.58 Å². The van der Waals surface area contributed by atoms with Crippen LogP contribution >= 0.6 is 0 Å². The minimum absolute atomic E-state index is 0.275. The van der Waals surface area contributed by atoms with Gasteiger partial charge in [-0.1, -0.05) is 6.08 Å². The number of hydrogen-bond donors (Lipinski definition) is 0. The van der Waals surface area contributed by atoms with Gasteiger partial charge in [0.05, 0.1) is 20.1 Å². The first-order chi connectivity index (χ1) is 6.83. The van der Waals surface area contributed by atoms with Gasteiger partial charge >= 0.3 is 0 Å². The fourth-order valence-corrected chi connectivity index (χ4v) is 1.74. The van der Waals surface area contributed by atoms with Crippen LogP contribution in [0.25, 0.3) is 0 Å². The molecule has 0 heterocycles. The third-order valence-electron chi connectivity index (χ3n) is 2.46. The molecule has 0 aliphatic heterocycles. The van der Waals surface area contributed by atoms with E-state index in [1.807, 2.05) is 6.08 Å². The van der Waals surface area contributed by atoms with Crippen molar-refractivity contribution in [1.82, 2.24) is 0 Å². The highest BCUT2D eigenvalue weighted by molar-refractivity contribution is 5.20. The van der Waals surface area contributed by atoms with Gasteiger partial charge in [0.2, 0.25) is 0 Å². The highest BCUT2D eigenvalue weighted by Gasteiger charge is 2.22. The van der Waals surface area contributed by atoms with Gasteiger partial charge in [0.1, 0.15) is 11.5 Å². The molecule has 1 aliphatic carbocycles. The average Bonchev–Trinajstić information content (AvgIpc) is 2.25. The Balaban J connectivity index is 2.69. The molecule has 0 atom stereocenters. The molecule has 0 radical (unpaired) electrons. The standard InChI is InChI=1S/C12H18O2/c1-4-5-7-10-11(13-2)8-6-9-12(10)14-3/h4,8-10H,1,5-7H2,2-3H3. The molecule has 14 heavy (non-hydrogen) atoms. The van der Waals surface area contributed by atoms with Crippen LogP contribution in [-0.4, -0.2) is 14.2 Å². The maximum atomic E-state index is 5.34. The van der Waals surface area contributed by atoms with E-state index in [2.05, 4.69) is 18.7 Å². The van der Waals surface area contributed by atoms with Gasteiger partial charge in [-0.3, -0.25) is 0 Å². The van der Waals surface area contributed by atoms with Crippen LogP contribution in [0, 0.1) is 5.92 Å². The summed E-state index contributed by atoms with van der Waals surface area (Å²) in [6, 6.07) is 0. The summed E-state index contributed by atoms with van der Waals surface area (Å²) in [7, 11) is 3.43. The van der Waals surface area contributed by atoms with E-state index in [0.717, 1.165) is 30.8 Å². The van der Waals surface area contributed by atoms with Crippen LogP contribution < -0.4 is 0 Å². The topological polar surface area (TPSA) is 18.5 Å². The van der Waals surface area contributed by atoms with Crippen molar-refractivity contribution in [1.29, 1.82) is 0 Å². The van der Waals surface area contributed by atoms with E-state index < -0.39 is 0 Å². The zero-order valence-electron chi connectivity index (χ0n) is 8.95. The number of hydrogen-bond acceptors (Lipinski definition) is 2. The zero-order chi connectivity index (χ0) is 10.4. The van der Waals surface area contributed by atoms with Crippen molar-refractivity contribution < 1.29 is 9.47 Å². The molecule has 0 fully saturated rings. The molecule has 0 spiro atoms. The summed E-state index contributed by atoms with van der Waals surface area (Å²) < 4.78 is 10.7. The van der Waals surface area contributed by atoms with Crippen molar-refractivity contribution in [3.05, 3.63) is 36.3 Å². The Labute approximate surface area is 85.9 Å². The monoisotopic (exact) mass is 194 g/mol. The number of allylic oxidation sites excluding steroid dienone is 3. The quantitative estimate of drug-likeness (QED) is 0.626. The molecule has 0 bridgehead atoms. The van der Waals surface area contributed by atoms with Crippen molar-refractivity contribution in [2.24, 2.45) is 5.92 Å². The Kier molecular flexibility index (Phi) is 4.30. The molecule has 78 valence electrons. The molecule has 0 saturated heterocycles. The molecule has 1 rings (SSSR count). The Morgan fingerprint density at radius 2 is 1.93 bits per heavy atom. The molecular weight excluding hydrogens is 176 g/mol. The Morgan fingerprint density at radius 1 is 1.36 bits per heavy atom. The molecule has 0 saturated carbocycles. The molecule has 0 N–H and O–H groups in total. The average molecular weight is 194 g/mol. The van der Waals surface area contributed by atoms with Crippen LogP contribution in [0.3, 0.4) is 0 Å². The fourth-order valence-electron chi connectivity index (χ4n) is 1.74. The highest BCUT2D eigenvalue weighted by atomic mass is 16.5. The molecule has 1 aliphatic rings. The van der Waals surface area contributed by atoms with Crippen molar-refractivity contribution in [2.75, 3.05) is 14.2 Å². The summed E-state index contributed by atoms with van der Waals surface area (Å²) in [5, 5.41) is 0. The zero-order valence-corrected chi connectivity index (χ0v) is 8.95. The van der Waals surface area contributed by atoms with Crippen LogP contribution in [0.2, 0.25) is 0 Å². The predicted molar refractivity (Wildman–Crippen MR) is 57.7 cm³/mol. The van der Waals surface area contributed by atoms with Crippen molar-refractivity contribution >= 4 is 0 Å². The number of rotatable bonds is 5. The van der Waals surface area contributed by atoms with Crippen LogP contribution in [0.1, 0.15) is 19.3 Å². The lowest BCUT2D eigenvalue weighted by Crippen LogP contribution is -2.13. The number of ether oxygens (including phenoxy) is 2. The largest absolute Gasteiger partial charge is 0.501 e. The van der Waals surface area contributed by atoms with E-state index in [-0.39, 0.29) is 5.92 Å². The molecule has 0 unspecified atom stereocenters.